The normalized spacial score (nSPS) is 11.5. The lowest BCUT2D eigenvalue weighted by Gasteiger charge is -2.13. The second-order valence-corrected chi connectivity index (χ2v) is 5.62. The van der Waals surface area contributed by atoms with Gasteiger partial charge < -0.3 is 15.3 Å². The molecule has 1 heterocycles. The van der Waals surface area contributed by atoms with Crippen molar-refractivity contribution in [3.05, 3.63) is 34.2 Å². The van der Waals surface area contributed by atoms with Crippen molar-refractivity contribution in [3.63, 3.8) is 0 Å². The third-order valence-corrected chi connectivity index (χ3v) is 3.31. The van der Waals surface area contributed by atoms with Crippen LogP contribution in [0.1, 0.15) is 25.3 Å². The van der Waals surface area contributed by atoms with E-state index in [1.807, 2.05) is 38.9 Å². The third kappa shape index (κ3) is 3.30. The minimum Gasteiger partial charge on any atom is -0.739 e. The van der Waals surface area contributed by atoms with Crippen molar-refractivity contribution in [2.75, 3.05) is 32.5 Å². The zero-order valence-corrected chi connectivity index (χ0v) is 12.8. The molecular formula is C14H21N5O2. The van der Waals surface area contributed by atoms with E-state index in [4.69, 9.17) is 0 Å². The fourth-order valence-electron chi connectivity index (χ4n) is 2.02. The largest absolute Gasteiger partial charge is 0.739 e. The molecule has 1 aromatic carbocycles. The summed E-state index contributed by atoms with van der Waals surface area (Å²) in [6, 6.07) is 5.24. The van der Waals surface area contributed by atoms with E-state index in [1.165, 1.54) is 0 Å². The maximum absolute atomic E-state index is 12.4. The molecule has 2 rings (SSSR count). The van der Waals surface area contributed by atoms with Crippen LogP contribution in [0.15, 0.2) is 18.2 Å². The molecule has 0 aliphatic heterocycles. The second kappa shape index (κ2) is 6.09. The first kappa shape index (κ1) is 15.2. The van der Waals surface area contributed by atoms with Crippen molar-refractivity contribution in [2.24, 2.45) is 0 Å². The second-order valence-electron chi connectivity index (χ2n) is 5.62. The lowest BCUT2D eigenvalue weighted by atomic mass is 10.0. The maximum Gasteiger partial charge on any atom is 0.461 e. The Balaban J connectivity index is 2.41. The number of aromatic nitrogens is 3. The van der Waals surface area contributed by atoms with Gasteiger partial charge >= 0.3 is 5.95 Å². The Morgan fingerprint density at radius 2 is 1.95 bits per heavy atom. The van der Waals surface area contributed by atoms with Crippen molar-refractivity contribution in [2.45, 2.75) is 19.8 Å². The van der Waals surface area contributed by atoms with E-state index in [2.05, 4.69) is 10.4 Å². The molecule has 21 heavy (non-hydrogen) atoms. The number of benzene rings is 1. The molecule has 0 radical (unpaired) electrons. The summed E-state index contributed by atoms with van der Waals surface area (Å²) in [7, 11) is 3.87. The topological polar surface area (TPSA) is 82.0 Å². The molecule has 0 amide bonds. The summed E-state index contributed by atoms with van der Waals surface area (Å²) in [4.78, 5) is 2.47. The minimum absolute atomic E-state index is 0.0280. The van der Waals surface area contributed by atoms with Gasteiger partial charge in [0.05, 0.1) is 6.54 Å². The summed E-state index contributed by atoms with van der Waals surface area (Å²) in [5.74, 6) is 0.313. The Labute approximate surface area is 124 Å². The van der Waals surface area contributed by atoms with Crippen LogP contribution in [0.3, 0.4) is 0 Å². The van der Waals surface area contributed by atoms with Crippen LogP contribution in [0.5, 0.6) is 0 Å². The molecule has 7 heteroatoms. The lowest BCUT2D eigenvalue weighted by molar-refractivity contribution is -0.672. The van der Waals surface area contributed by atoms with Gasteiger partial charge in [-0.25, -0.2) is 4.73 Å². The Kier molecular flexibility index (Phi) is 4.42. The van der Waals surface area contributed by atoms with Crippen molar-refractivity contribution in [1.82, 2.24) is 10.00 Å². The molecule has 0 bridgehead atoms. The SMILES string of the molecule is CC(C)c1ccc2c(c1)[n+]([O-])c(NCCN(C)C)n[n+]2[O-]. The van der Waals surface area contributed by atoms with E-state index in [0.717, 1.165) is 12.1 Å². The molecule has 2 aromatic rings. The monoisotopic (exact) mass is 291 g/mol. The predicted molar refractivity (Wildman–Crippen MR) is 80.8 cm³/mol. The molecule has 0 aliphatic rings. The number of rotatable bonds is 5. The highest BCUT2D eigenvalue weighted by Crippen LogP contribution is 2.17. The van der Waals surface area contributed by atoms with Gasteiger partial charge in [0.2, 0.25) is 5.10 Å². The fraction of sp³-hybridized carbons (Fsp3) is 0.500. The zero-order valence-electron chi connectivity index (χ0n) is 12.8. The van der Waals surface area contributed by atoms with E-state index in [1.54, 1.807) is 12.1 Å². The number of nitrogens with zero attached hydrogens (tertiary/aromatic N) is 4. The molecule has 0 spiro atoms. The van der Waals surface area contributed by atoms with Gasteiger partial charge in [0, 0.05) is 17.5 Å². The highest BCUT2D eigenvalue weighted by molar-refractivity contribution is 5.69. The van der Waals surface area contributed by atoms with Gasteiger partial charge in [-0.3, -0.25) is 5.32 Å². The highest BCUT2D eigenvalue weighted by atomic mass is 16.5. The smallest absolute Gasteiger partial charge is 0.461 e. The van der Waals surface area contributed by atoms with Crippen LogP contribution in [-0.4, -0.2) is 37.2 Å². The Morgan fingerprint density at radius 3 is 2.57 bits per heavy atom. The summed E-state index contributed by atoms with van der Waals surface area (Å²) >= 11 is 0. The minimum atomic E-state index is 0.0280. The van der Waals surface area contributed by atoms with Gasteiger partial charge in [-0.2, -0.15) is 0 Å². The van der Waals surface area contributed by atoms with E-state index in [-0.39, 0.29) is 17.4 Å². The third-order valence-electron chi connectivity index (χ3n) is 3.31. The molecule has 114 valence electrons. The fourth-order valence-corrected chi connectivity index (χ4v) is 2.02. The summed E-state index contributed by atoms with van der Waals surface area (Å²) in [6.45, 7) is 5.36. The van der Waals surface area contributed by atoms with E-state index in [0.29, 0.717) is 21.6 Å². The van der Waals surface area contributed by atoms with Gasteiger partial charge in [0.15, 0.2) is 5.52 Å². The molecule has 0 unspecified atom stereocenters. The number of hydrogen-bond donors (Lipinski definition) is 1. The predicted octanol–water partition coefficient (Wildman–Crippen LogP) is 0.599. The lowest BCUT2D eigenvalue weighted by Crippen LogP contribution is -2.44. The molecule has 7 nitrogen and oxygen atoms in total. The average Bonchev–Trinajstić information content (AvgIpc) is 2.43. The van der Waals surface area contributed by atoms with E-state index >= 15 is 0 Å². The van der Waals surface area contributed by atoms with Crippen molar-refractivity contribution in [1.29, 1.82) is 0 Å². The van der Waals surface area contributed by atoms with Crippen molar-refractivity contribution < 1.29 is 9.58 Å². The van der Waals surface area contributed by atoms with Crippen LogP contribution in [0.4, 0.5) is 5.95 Å². The molecule has 1 N–H and O–H groups in total. The van der Waals surface area contributed by atoms with Gasteiger partial charge in [0.1, 0.15) is 0 Å². The number of anilines is 1. The van der Waals surface area contributed by atoms with Crippen molar-refractivity contribution >= 4 is 17.0 Å². The number of fused-ring (bicyclic) bond motifs is 1. The van der Waals surface area contributed by atoms with Gasteiger partial charge in [-0.15, -0.1) is 0 Å². The molecule has 0 aliphatic carbocycles. The summed E-state index contributed by atoms with van der Waals surface area (Å²) in [5, 5.41) is 30.9. The Bertz CT molecular complexity index is 643. The van der Waals surface area contributed by atoms with Crippen molar-refractivity contribution in [3.8, 4) is 0 Å². The average molecular weight is 291 g/mol. The van der Waals surface area contributed by atoms with Crippen LogP contribution in [0.2, 0.25) is 0 Å². The number of likely N-dealkylation sites (N-methyl/N-ethyl adjacent to an activating group) is 1. The van der Waals surface area contributed by atoms with Crippen LogP contribution in [-0.2, 0) is 0 Å². The highest BCUT2D eigenvalue weighted by Gasteiger charge is 2.20. The Morgan fingerprint density at radius 1 is 1.24 bits per heavy atom. The van der Waals surface area contributed by atoms with Crippen LogP contribution in [0.25, 0.3) is 11.0 Å². The van der Waals surface area contributed by atoms with Crippen LogP contribution in [0, 0.1) is 10.4 Å². The van der Waals surface area contributed by atoms with Crippen LogP contribution < -0.4 is 14.9 Å². The Hall–Kier alpha value is -2.15. The summed E-state index contributed by atoms with van der Waals surface area (Å²) in [5.41, 5.74) is 1.61. The molecule has 0 saturated carbocycles. The molecule has 1 aromatic heterocycles. The maximum atomic E-state index is 12.4. The standard InChI is InChI=1S/C14H21N5O2/c1-10(2)11-5-6-12-13(9-11)18(20)14(16-19(12)21)15-7-8-17(3)4/h5-6,9-10H,7-8H2,1-4H3,(H,15,16). The van der Waals surface area contributed by atoms with E-state index < -0.39 is 0 Å². The van der Waals surface area contributed by atoms with Gasteiger partial charge in [-0.1, -0.05) is 19.9 Å². The van der Waals surface area contributed by atoms with E-state index in [9.17, 15) is 10.4 Å². The first-order valence-corrected chi connectivity index (χ1v) is 6.96. The number of nitrogens with one attached hydrogen (secondary N) is 1. The molecule has 0 saturated heterocycles. The van der Waals surface area contributed by atoms with Crippen LogP contribution >= 0.6 is 0 Å². The zero-order chi connectivity index (χ0) is 15.6. The summed E-state index contributed by atoms with van der Waals surface area (Å²) in [6.07, 6.45) is 0. The van der Waals surface area contributed by atoms with Gasteiger partial charge in [-0.05, 0) is 31.6 Å². The first-order valence-electron chi connectivity index (χ1n) is 6.96. The molecule has 0 fully saturated rings. The van der Waals surface area contributed by atoms with Gasteiger partial charge in [0.25, 0.3) is 5.52 Å². The quantitative estimate of drug-likeness (QED) is 0.644. The summed E-state index contributed by atoms with van der Waals surface area (Å²) < 4.78 is 0.686. The number of hydrogen-bond acceptors (Lipinski definition) is 5. The molecule has 0 atom stereocenters. The first-order chi connectivity index (χ1) is 9.90. The molecular weight excluding hydrogens is 270 g/mol.